The van der Waals surface area contributed by atoms with E-state index < -0.39 is 68.9 Å². The molecule has 2 aliphatic heterocycles. The predicted molar refractivity (Wildman–Crippen MR) is 154 cm³/mol. The van der Waals surface area contributed by atoms with Crippen LogP contribution in [0.25, 0.3) is 0 Å². The van der Waals surface area contributed by atoms with Gasteiger partial charge in [-0.15, -0.1) is 0 Å². The van der Waals surface area contributed by atoms with Crippen molar-refractivity contribution in [3.8, 4) is 0 Å². The molecule has 0 aromatic heterocycles. The number of hydrogen-bond acceptors (Lipinski definition) is 8. The molecule has 0 bridgehead atoms. The minimum atomic E-state index is -3.73. The zero-order valence-electron chi connectivity index (χ0n) is 25.4. The van der Waals surface area contributed by atoms with E-state index in [1.807, 2.05) is 13.8 Å². The van der Waals surface area contributed by atoms with Gasteiger partial charge in [-0.05, 0) is 63.7 Å². The summed E-state index contributed by atoms with van der Waals surface area (Å²) in [5, 5.41) is 7.95. The summed E-state index contributed by atoms with van der Waals surface area (Å²) in [4.78, 5) is 67.6. The topological polar surface area (TPSA) is 168 Å². The predicted octanol–water partition coefficient (Wildman–Crippen LogP) is 1.46. The summed E-state index contributed by atoms with van der Waals surface area (Å²) >= 11 is 0. The number of hydrogen-bond donors (Lipinski definition) is 3. The lowest BCUT2D eigenvalue weighted by atomic mass is 9.98. The molecular formula is C29H46N4O8S. The molecule has 2 saturated heterocycles. The lowest BCUT2D eigenvalue weighted by Gasteiger charge is -2.34. The number of sulfone groups is 1. The molecule has 4 fully saturated rings. The van der Waals surface area contributed by atoms with Crippen molar-refractivity contribution >= 4 is 39.4 Å². The van der Waals surface area contributed by atoms with E-state index in [4.69, 9.17) is 4.74 Å². The Hall–Kier alpha value is -2.70. The van der Waals surface area contributed by atoms with Crippen molar-refractivity contribution in [2.75, 3.05) is 18.1 Å². The number of ether oxygens (including phenoxy) is 1. The van der Waals surface area contributed by atoms with Crippen LogP contribution >= 0.6 is 0 Å². The second-order valence-corrected chi connectivity index (χ2v) is 16.2. The molecule has 2 saturated carbocycles. The molecule has 13 heteroatoms. The third-order valence-electron chi connectivity index (χ3n) is 8.89. The first-order chi connectivity index (χ1) is 19.5. The third-order valence-corrected chi connectivity index (χ3v) is 10.6. The Kier molecular flexibility index (Phi) is 9.30. The summed E-state index contributed by atoms with van der Waals surface area (Å²) in [6.45, 7) is 9.18. The normalized spacial score (nSPS) is 31.6. The molecule has 0 aromatic carbocycles. The highest BCUT2D eigenvalue weighted by atomic mass is 32.2. The number of piperidine rings is 1. The van der Waals surface area contributed by atoms with Gasteiger partial charge in [-0.1, -0.05) is 39.5 Å². The van der Waals surface area contributed by atoms with Gasteiger partial charge in [0, 0.05) is 12.6 Å². The maximum atomic E-state index is 14.0. The Morgan fingerprint density at radius 2 is 1.62 bits per heavy atom. The summed E-state index contributed by atoms with van der Waals surface area (Å²) < 4.78 is 31.4. The quantitative estimate of drug-likeness (QED) is 0.402. The number of alkyl carbamates (subject to hydrolysis) is 1. The Morgan fingerprint density at radius 1 is 0.976 bits per heavy atom. The molecule has 4 rings (SSSR count). The second kappa shape index (κ2) is 12.1. The lowest BCUT2D eigenvalue weighted by Crippen LogP contribution is -2.59. The molecule has 42 heavy (non-hydrogen) atoms. The second-order valence-electron chi connectivity index (χ2n) is 13.9. The molecule has 0 spiro atoms. The molecule has 0 aromatic rings. The number of amides is 4. The maximum Gasteiger partial charge on any atom is 0.408 e. The number of Topliss-reactive ketones (excluding diaryl/α,β-unsaturated/α-hetero) is 1. The van der Waals surface area contributed by atoms with Crippen molar-refractivity contribution in [1.82, 2.24) is 20.9 Å². The molecule has 2 aliphatic carbocycles. The Labute approximate surface area is 248 Å². The first-order valence-corrected chi connectivity index (χ1v) is 17.0. The van der Waals surface area contributed by atoms with Crippen LogP contribution in [0.4, 0.5) is 4.79 Å². The van der Waals surface area contributed by atoms with E-state index in [1.165, 1.54) is 4.90 Å². The van der Waals surface area contributed by atoms with Gasteiger partial charge in [0.1, 0.15) is 17.7 Å². The zero-order chi connectivity index (χ0) is 31.0. The van der Waals surface area contributed by atoms with Gasteiger partial charge < -0.3 is 25.6 Å². The first kappa shape index (κ1) is 32.2. The van der Waals surface area contributed by atoms with Crippen molar-refractivity contribution < 1.29 is 37.1 Å². The number of ketones is 1. The molecule has 4 aliphatic rings. The van der Waals surface area contributed by atoms with Gasteiger partial charge in [0.05, 0.1) is 17.5 Å². The highest BCUT2D eigenvalue weighted by Crippen LogP contribution is 2.64. The molecule has 12 nitrogen and oxygen atoms in total. The van der Waals surface area contributed by atoms with E-state index in [-0.39, 0.29) is 42.0 Å². The first-order valence-electron chi connectivity index (χ1n) is 15.2. The van der Waals surface area contributed by atoms with Gasteiger partial charge in [0.15, 0.2) is 9.84 Å². The number of nitrogens with one attached hydrogen (secondary N) is 3. The van der Waals surface area contributed by atoms with Crippen molar-refractivity contribution in [3.05, 3.63) is 0 Å². The Morgan fingerprint density at radius 3 is 2.26 bits per heavy atom. The Balaban J connectivity index is 1.62. The number of nitrogens with zero attached hydrogens (tertiary/aromatic N) is 1. The van der Waals surface area contributed by atoms with Crippen LogP contribution in [0.2, 0.25) is 0 Å². The van der Waals surface area contributed by atoms with Gasteiger partial charge in [-0.25, -0.2) is 13.2 Å². The fraction of sp³-hybridized carbons (Fsp3) is 0.828. The fourth-order valence-corrected chi connectivity index (χ4v) is 7.89. The Bertz CT molecular complexity index is 1210. The van der Waals surface area contributed by atoms with Crippen LogP contribution in [-0.2, 0) is 33.8 Å². The van der Waals surface area contributed by atoms with Gasteiger partial charge in [0.2, 0.25) is 17.6 Å². The van der Waals surface area contributed by atoms with Crippen molar-refractivity contribution in [1.29, 1.82) is 0 Å². The number of fused-ring (bicyclic) bond motifs is 3. The monoisotopic (exact) mass is 610 g/mol. The number of carbonyl (C=O) groups excluding carboxylic acids is 5. The molecule has 5 atom stereocenters. The molecular weight excluding hydrogens is 564 g/mol. The van der Waals surface area contributed by atoms with Crippen LogP contribution < -0.4 is 16.0 Å². The van der Waals surface area contributed by atoms with E-state index in [2.05, 4.69) is 16.0 Å². The van der Waals surface area contributed by atoms with Crippen LogP contribution in [0.3, 0.4) is 0 Å². The summed E-state index contributed by atoms with van der Waals surface area (Å²) in [5.74, 6) is -3.63. The lowest BCUT2D eigenvalue weighted by molar-refractivity contribution is -0.144. The van der Waals surface area contributed by atoms with Gasteiger partial charge >= 0.3 is 6.09 Å². The van der Waals surface area contributed by atoms with E-state index in [0.29, 0.717) is 32.1 Å². The third kappa shape index (κ3) is 7.82. The standard InChI is InChI=1S/C29H46N4O8S/c1-28(2,3)41-27(38)32-20-16-42(39,40)14-10-8-6-7-9-11-19(23(34)25(36)30-17-12-13-17)31-24(35)22-21-18(29(21,4)5)15-33(22)26(20)37/h17-22H,6-16H2,1-5H3,(H,30,36)(H,31,35)(H,32,38)/t18-,19-,20-,21?,22-/m0/s1. The van der Waals surface area contributed by atoms with Gasteiger partial charge in [-0.3, -0.25) is 19.2 Å². The van der Waals surface area contributed by atoms with Crippen LogP contribution in [0, 0.1) is 17.3 Å². The highest BCUT2D eigenvalue weighted by molar-refractivity contribution is 7.91. The van der Waals surface area contributed by atoms with Crippen LogP contribution in [-0.4, -0.2) is 90.7 Å². The molecule has 1 unspecified atom stereocenters. The number of carbonyl (C=O) groups is 5. The van der Waals surface area contributed by atoms with Crippen LogP contribution in [0.15, 0.2) is 0 Å². The summed E-state index contributed by atoms with van der Waals surface area (Å²) in [6.07, 6.45) is 3.99. The van der Waals surface area contributed by atoms with Crippen molar-refractivity contribution in [3.63, 3.8) is 0 Å². The maximum absolute atomic E-state index is 14.0. The minimum absolute atomic E-state index is 0.00890. The zero-order valence-corrected chi connectivity index (χ0v) is 26.2. The largest absolute Gasteiger partial charge is 0.444 e. The average Bonchev–Trinajstić information content (AvgIpc) is 3.71. The van der Waals surface area contributed by atoms with E-state index in [9.17, 15) is 32.4 Å². The van der Waals surface area contributed by atoms with Crippen LogP contribution in [0.5, 0.6) is 0 Å². The highest BCUT2D eigenvalue weighted by Gasteiger charge is 2.69. The molecule has 236 valence electrons. The van der Waals surface area contributed by atoms with Crippen LogP contribution in [0.1, 0.15) is 86.0 Å². The van der Waals surface area contributed by atoms with Crippen molar-refractivity contribution in [2.45, 2.75) is 116 Å². The average molecular weight is 611 g/mol. The molecule has 4 amide bonds. The van der Waals surface area contributed by atoms with Gasteiger partial charge in [0.25, 0.3) is 5.91 Å². The van der Waals surface area contributed by atoms with Crippen molar-refractivity contribution in [2.24, 2.45) is 17.3 Å². The van der Waals surface area contributed by atoms with E-state index >= 15 is 0 Å². The van der Waals surface area contributed by atoms with Gasteiger partial charge in [-0.2, -0.15) is 0 Å². The summed E-state index contributed by atoms with van der Waals surface area (Å²) in [6, 6.07) is -3.46. The molecule has 0 radical (unpaired) electrons. The minimum Gasteiger partial charge on any atom is -0.444 e. The van der Waals surface area contributed by atoms with E-state index in [0.717, 1.165) is 12.8 Å². The molecule has 3 N–H and O–H groups in total. The smallest absolute Gasteiger partial charge is 0.408 e. The summed E-state index contributed by atoms with van der Waals surface area (Å²) in [5.41, 5.74) is -1.12. The number of rotatable bonds is 4. The fourth-order valence-electron chi connectivity index (χ4n) is 6.34. The molecule has 2 heterocycles. The summed E-state index contributed by atoms with van der Waals surface area (Å²) in [7, 11) is -3.73. The SMILES string of the molecule is CC(C)(C)OC(=O)N[C@H]1CS(=O)(=O)CCCCCCC[C@@H](C(=O)C(=O)NC2CC2)NC(=O)[C@@H]2C3[C@H](CN2C1=O)C3(C)C. The van der Waals surface area contributed by atoms with E-state index in [1.54, 1.807) is 20.8 Å².